The summed E-state index contributed by atoms with van der Waals surface area (Å²) in [4.78, 5) is 30.4. The van der Waals surface area contributed by atoms with Crippen LogP contribution in [0.25, 0.3) is 0 Å². The number of quaternary nitrogens is 1. The lowest BCUT2D eigenvalue weighted by Gasteiger charge is -2.33. The summed E-state index contributed by atoms with van der Waals surface area (Å²) < 4.78 is 1.49. The summed E-state index contributed by atoms with van der Waals surface area (Å²) in [7, 11) is 0. The number of aromatic nitrogens is 2. The third kappa shape index (κ3) is 3.99. The maximum Gasteiger partial charge on any atom is 0.330 e. The average molecular weight is 358 g/mol. The SMILES string of the molecule is CCCCn1c(N)c(N2CC[NH+](Cc3ccccc3)CC2)c(=O)[nH]c1=O. The molecule has 1 fully saturated rings. The van der Waals surface area contributed by atoms with E-state index in [0.29, 0.717) is 18.1 Å². The first-order valence-electron chi connectivity index (χ1n) is 9.35. The zero-order chi connectivity index (χ0) is 18.5. The van der Waals surface area contributed by atoms with E-state index in [1.54, 1.807) is 0 Å². The number of aromatic amines is 1. The van der Waals surface area contributed by atoms with Gasteiger partial charge in [0, 0.05) is 12.1 Å². The van der Waals surface area contributed by atoms with Crippen molar-refractivity contribution in [2.75, 3.05) is 36.8 Å². The van der Waals surface area contributed by atoms with E-state index in [2.05, 4.69) is 36.2 Å². The molecule has 1 aromatic carbocycles. The molecular weight excluding hydrogens is 330 g/mol. The quantitative estimate of drug-likeness (QED) is 0.669. The number of nitrogens with one attached hydrogen (secondary N) is 2. The topological polar surface area (TPSA) is 88.6 Å². The zero-order valence-corrected chi connectivity index (χ0v) is 15.3. The molecule has 3 rings (SSSR count). The summed E-state index contributed by atoms with van der Waals surface area (Å²) in [5.41, 5.74) is 7.17. The van der Waals surface area contributed by atoms with Crippen LogP contribution >= 0.6 is 0 Å². The number of piperazine rings is 1. The second kappa shape index (κ2) is 8.23. The maximum absolute atomic E-state index is 12.4. The van der Waals surface area contributed by atoms with Crippen LogP contribution in [0.3, 0.4) is 0 Å². The van der Waals surface area contributed by atoms with Gasteiger partial charge in [-0.2, -0.15) is 0 Å². The van der Waals surface area contributed by atoms with Crippen LogP contribution in [0.4, 0.5) is 11.5 Å². The lowest BCUT2D eigenvalue weighted by Crippen LogP contribution is -3.13. The lowest BCUT2D eigenvalue weighted by molar-refractivity contribution is -0.914. The molecule has 7 nitrogen and oxygen atoms in total. The number of unbranched alkanes of at least 4 members (excludes halogenated alkanes) is 1. The molecule has 0 spiro atoms. The number of nitrogens with zero attached hydrogens (tertiary/aromatic N) is 2. The summed E-state index contributed by atoms with van der Waals surface area (Å²) in [5.74, 6) is 0.290. The van der Waals surface area contributed by atoms with Crippen molar-refractivity contribution in [3.05, 3.63) is 56.7 Å². The first-order chi connectivity index (χ1) is 12.6. The number of nitrogens with two attached hydrogens (primary N) is 1. The highest BCUT2D eigenvalue weighted by Gasteiger charge is 2.25. The Morgan fingerprint density at radius 2 is 1.85 bits per heavy atom. The summed E-state index contributed by atoms with van der Waals surface area (Å²) in [6, 6.07) is 10.4. The molecule has 4 N–H and O–H groups in total. The minimum absolute atomic E-state index is 0.290. The molecule has 0 radical (unpaired) electrons. The molecular formula is C19H28N5O2+. The average Bonchev–Trinajstić information content (AvgIpc) is 2.63. The number of H-pyrrole nitrogens is 1. The van der Waals surface area contributed by atoms with E-state index in [0.717, 1.165) is 45.6 Å². The predicted molar refractivity (Wildman–Crippen MR) is 104 cm³/mol. The first kappa shape index (κ1) is 18.3. The molecule has 2 heterocycles. The van der Waals surface area contributed by atoms with Gasteiger partial charge in [-0.15, -0.1) is 0 Å². The van der Waals surface area contributed by atoms with Crippen LogP contribution in [0.15, 0.2) is 39.9 Å². The lowest BCUT2D eigenvalue weighted by atomic mass is 10.2. The van der Waals surface area contributed by atoms with Crippen molar-refractivity contribution in [3.8, 4) is 0 Å². The fourth-order valence-corrected chi connectivity index (χ4v) is 3.53. The first-order valence-corrected chi connectivity index (χ1v) is 9.35. The molecule has 1 saturated heterocycles. The van der Waals surface area contributed by atoms with Gasteiger partial charge in [0.05, 0.1) is 26.2 Å². The van der Waals surface area contributed by atoms with Crippen LogP contribution in [0, 0.1) is 0 Å². The van der Waals surface area contributed by atoms with Gasteiger partial charge in [-0.25, -0.2) is 4.79 Å². The Morgan fingerprint density at radius 3 is 2.50 bits per heavy atom. The summed E-state index contributed by atoms with van der Waals surface area (Å²) >= 11 is 0. The Morgan fingerprint density at radius 1 is 1.15 bits per heavy atom. The largest absolute Gasteiger partial charge is 0.383 e. The Kier molecular flexibility index (Phi) is 5.78. The van der Waals surface area contributed by atoms with Crippen molar-refractivity contribution in [1.82, 2.24) is 9.55 Å². The van der Waals surface area contributed by atoms with Crippen LogP contribution in [0.5, 0.6) is 0 Å². The molecule has 0 saturated carbocycles. The summed E-state index contributed by atoms with van der Waals surface area (Å²) in [6.07, 6.45) is 1.81. The van der Waals surface area contributed by atoms with Crippen LogP contribution in [-0.4, -0.2) is 35.7 Å². The normalized spacial score (nSPS) is 15.3. The van der Waals surface area contributed by atoms with E-state index in [4.69, 9.17) is 5.73 Å². The summed E-state index contributed by atoms with van der Waals surface area (Å²) in [6.45, 7) is 6.94. The van der Waals surface area contributed by atoms with Gasteiger partial charge in [0.1, 0.15) is 18.1 Å². The smallest absolute Gasteiger partial charge is 0.330 e. The minimum Gasteiger partial charge on any atom is -0.383 e. The molecule has 140 valence electrons. The molecule has 7 heteroatoms. The van der Waals surface area contributed by atoms with E-state index in [9.17, 15) is 9.59 Å². The highest BCUT2D eigenvalue weighted by molar-refractivity contribution is 5.62. The standard InChI is InChI=1S/C19H27N5O2/c1-2-3-9-24-17(20)16(18(25)21-19(24)26)23-12-10-22(11-13-23)14-15-7-5-4-6-8-15/h4-8H,2-3,9-14,20H2,1H3,(H,21,25,26)/p+1. The molecule has 0 bridgehead atoms. The van der Waals surface area contributed by atoms with Gasteiger partial charge in [-0.3, -0.25) is 14.3 Å². The number of rotatable bonds is 6. The van der Waals surface area contributed by atoms with Crippen LogP contribution in [-0.2, 0) is 13.1 Å². The van der Waals surface area contributed by atoms with Gasteiger partial charge in [0.25, 0.3) is 5.56 Å². The van der Waals surface area contributed by atoms with E-state index in [-0.39, 0.29) is 5.56 Å². The van der Waals surface area contributed by atoms with Crippen molar-refractivity contribution in [1.29, 1.82) is 0 Å². The van der Waals surface area contributed by atoms with E-state index in [1.807, 2.05) is 11.0 Å². The predicted octanol–water partition coefficient (Wildman–Crippen LogP) is -0.176. The molecule has 2 aromatic rings. The fourth-order valence-electron chi connectivity index (χ4n) is 3.53. The Labute approximate surface area is 153 Å². The molecule has 0 aliphatic carbocycles. The molecule has 0 amide bonds. The number of nitrogen functional groups attached to an aromatic ring is 1. The van der Waals surface area contributed by atoms with E-state index < -0.39 is 5.69 Å². The molecule has 1 aromatic heterocycles. The molecule has 1 aliphatic heterocycles. The van der Waals surface area contributed by atoms with Gasteiger partial charge in [-0.05, 0) is 6.42 Å². The van der Waals surface area contributed by atoms with Crippen molar-refractivity contribution < 1.29 is 4.90 Å². The highest BCUT2D eigenvalue weighted by atomic mass is 16.2. The Balaban J connectivity index is 1.73. The monoisotopic (exact) mass is 358 g/mol. The number of anilines is 2. The van der Waals surface area contributed by atoms with Crippen LogP contribution in [0.2, 0.25) is 0 Å². The Bertz CT molecular complexity index is 835. The van der Waals surface area contributed by atoms with Crippen LogP contribution in [0.1, 0.15) is 25.3 Å². The van der Waals surface area contributed by atoms with E-state index >= 15 is 0 Å². The summed E-state index contributed by atoms with van der Waals surface area (Å²) in [5, 5.41) is 0. The van der Waals surface area contributed by atoms with Gasteiger partial charge in [0.2, 0.25) is 0 Å². The van der Waals surface area contributed by atoms with Crippen molar-refractivity contribution in [2.45, 2.75) is 32.9 Å². The third-order valence-electron chi connectivity index (χ3n) is 5.03. The fraction of sp³-hybridized carbons (Fsp3) is 0.474. The number of hydrogen-bond acceptors (Lipinski definition) is 4. The Hall–Kier alpha value is -2.54. The molecule has 26 heavy (non-hydrogen) atoms. The molecule has 0 unspecified atom stereocenters. The second-order valence-electron chi connectivity index (χ2n) is 6.90. The van der Waals surface area contributed by atoms with Crippen LogP contribution < -0.4 is 26.8 Å². The zero-order valence-electron chi connectivity index (χ0n) is 15.3. The van der Waals surface area contributed by atoms with Gasteiger partial charge in [0.15, 0.2) is 0 Å². The minimum atomic E-state index is -0.418. The maximum atomic E-state index is 12.4. The van der Waals surface area contributed by atoms with Crippen molar-refractivity contribution in [2.24, 2.45) is 0 Å². The van der Waals surface area contributed by atoms with E-state index in [1.165, 1.54) is 15.0 Å². The van der Waals surface area contributed by atoms with Gasteiger partial charge >= 0.3 is 5.69 Å². The number of hydrogen-bond donors (Lipinski definition) is 3. The second-order valence-corrected chi connectivity index (χ2v) is 6.90. The third-order valence-corrected chi connectivity index (χ3v) is 5.03. The molecule has 1 aliphatic rings. The highest BCUT2D eigenvalue weighted by Crippen LogP contribution is 2.16. The molecule has 0 atom stereocenters. The number of benzene rings is 1. The van der Waals surface area contributed by atoms with Crippen molar-refractivity contribution in [3.63, 3.8) is 0 Å². The van der Waals surface area contributed by atoms with Crippen molar-refractivity contribution >= 4 is 11.5 Å². The van der Waals surface area contributed by atoms with Gasteiger partial charge in [-0.1, -0.05) is 43.7 Å². The van der Waals surface area contributed by atoms with Gasteiger partial charge < -0.3 is 15.5 Å².